The van der Waals surface area contributed by atoms with Crippen LogP contribution in [-0.4, -0.2) is 70.3 Å². The van der Waals surface area contributed by atoms with Gasteiger partial charge in [0.2, 0.25) is 5.91 Å². The van der Waals surface area contributed by atoms with E-state index in [1.54, 1.807) is 19.2 Å². The zero-order valence-electron chi connectivity index (χ0n) is 17.0. The Balaban J connectivity index is 1.32. The van der Waals surface area contributed by atoms with Gasteiger partial charge in [0.15, 0.2) is 5.69 Å². The Morgan fingerprint density at radius 2 is 2.00 bits per heavy atom. The van der Waals surface area contributed by atoms with Gasteiger partial charge in [-0.3, -0.25) is 9.59 Å². The molecule has 1 saturated carbocycles. The van der Waals surface area contributed by atoms with Crippen molar-refractivity contribution in [1.29, 1.82) is 0 Å². The van der Waals surface area contributed by atoms with Gasteiger partial charge in [-0.1, -0.05) is 11.2 Å². The molecule has 9 heteroatoms. The van der Waals surface area contributed by atoms with E-state index in [9.17, 15) is 14.7 Å². The van der Waals surface area contributed by atoms with Crippen LogP contribution in [0.1, 0.15) is 35.5 Å². The number of nitrogens with one attached hydrogen (secondary N) is 1. The lowest BCUT2D eigenvalue weighted by atomic mass is 9.82. The fraction of sp³-hybridized carbons (Fsp3) is 0.524. The lowest BCUT2D eigenvalue weighted by Gasteiger charge is -2.39. The number of aliphatic hydroxyl groups excluding tert-OH is 1. The molecule has 4 rings (SSSR count). The smallest absolute Gasteiger partial charge is 0.273 e. The predicted molar refractivity (Wildman–Crippen MR) is 109 cm³/mol. The maximum atomic E-state index is 13.1. The molecule has 2 amide bonds. The number of anilines is 1. The molecule has 9 nitrogen and oxygen atoms in total. The average molecular weight is 413 g/mol. The summed E-state index contributed by atoms with van der Waals surface area (Å²) in [7, 11) is 0. The number of aliphatic hydroxyl groups is 1. The fourth-order valence-corrected chi connectivity index (χ4v) is 4.20. The van der Waals surface area contributed by atoms with E-state index in [4.69, 9.17) is 4.52 Å². The third kappa shape index (κ3) is 4.46. The topological polar surface area (TPSA) is 112 Å². The minimum atomic E-state index is -0.674. The Morgan fingerprint density at radius 1 is 1.20 bits per heavy atom. The van der Waals surface area contributed by atoms with Crippen molar-refractivity contribution in [3.05, 3.63) is 41.9 Å². The van der Waals surface area contributed by atoms with E-state index in [0.717, 1.165) is 18.9 Å². The molecule has 0 aromatic carbocycles. The van der Waals surface area contributed by atoms with Crippen molar-refractivity contribution < 1.29 is 19.2 Å². The maximum Gasteiger partial charge on any atom is 0.273 e. The molecular weight excluding hydrogens is 386 g/mol. The molecule has 1 aliphatic heterocycles. The molecule has 2 N–H and O–H groups in total. The molecule has 1 saturated heterocycles. The van der Waals surface area contributed by atoms with E-state index in [-0.39, 0.29) is 17.5 Å². The number of aromatic nitrogens is 2. The van der Waals surface area contributed by atoms with Crippen LogP contribution in [0.5, 0.6) is 0 Å². The second-order valence-corrected chi connectivity index (χ2v) is 7.98. The Morgan fingerprint density at radius 3 is 2.67 bits per heavy atom. The number of nitrogens with zero attached hydrogens (tertiary/aromatic N) is 4. The summed E-state index contributed by atoms with van der Waals surface area (Å²) in [6.07, 6.45) is 2.62. The molecule has 0 radical (unpaired) electrons. The van der Waals surface area contributed by atoms with Crippen molar-refractivity contribution in [2.75, 3.05) is 31.1 Å². The number of piperazine rings is 1. The molecule has 2 aromatic heterocycles. The van der Waals surface area contributed by atoms with Crippen molar-refractivity contribution in [3.63, 3.8) is 0 Å². The normalized spacial score (nSPS) is 24.5. The lowest BCUT2D eigenvalue weighted by Crippen LogP contribution is -2.53. The van der Waals surface area contributed by atoms with Crippen LogP contribution < -0.4 is 10.2 Å². The molecule has 2 fully saturated rings. The zero-order valence-corrected chi connectivity index (χ0v) is 17.0. The summed E-state index contributed by atoms with van der Waals surface area (Å²) in [4.78, 5) is 33.9. The van der Waals surface area contributed by atoms with Gasteiger partial charge >= 0.3 is 0 Å². The standard InChI is InChI=1S/C21H27N5O4/c1-14-12-17(24-30-14)20(28)23-16-13-15(5-6-18(16)27)21(29)26-10-8-25(9-11-26)19-4-2-3-7-22-19/h2-4,7,12,15-16,18,27H,5-6,8-11,13H2,1H3,(H,23,28)/t15-,16+,18+/m0/s1. The van der Waals surface area contributed by atoms with Crippen LogP contribution in [0.25, 0.3) is 0 Å². The van der Waals surface area contributed by atoms with Crippen LogP contribution in [0.2, 0.25) is 0 Å². The highest BCUT2D eigenvalue weighted by Crippen LogP contribution is 2.27. The van der Waals surface area contributed by atoms with Crippen LogP contribution >= 0.6 is 0 Å². The van der Waals surface area contributed by atoms with Gasteiger partial charge < -0.3 is 24.7 Å². The largest absolute Gasteiger partial charge is 0.391 e. The third-order valence-electron chi connectivity index (χ3n) is 5.90. The number of hydrogen-bond acceptors (Lipinski definition) is 7. The summed E-state index contributed by atoms with van der Waals surface area (Å²) >= 11 is 0. The first-order valence-electron chi connectivity index (χ1n) is 10.4. The van der Waals surface area contributed by atoms with Gasteiger partial charge in [-0.05, 0) is 38.3 Å². The van der Waals surface area contributed by atoms with Crippen molar-refractivity contribution in [2.45, 2.75) is 38.3 Å². The summed E-state index contributed by atoms with van der Waals surface area (Å²) in [5.41, 5.74) is 0.179. The van der Waals surface area contributed by atoms with E-state index in [0.29, 0.717) is 38.1 Å². The molecule has 0 spiro atoms. The van der Waals surface area contributed by atoms with Gasteiger partial charge in [-0.2, -0.15) is 0 Å². The van der Waals surface area contributed by atoms with Gasteiger partial charge in [0.05, 0.1) is 12.1 Å². The first-order chi connectivity index (χ1) is 14.5. The van der Waals surface area contributed by atoms with Crippen LogP contribution in [0.3, 0.4) is 0 Å². The predicted octanol–water partition coefficient (Wildman–Crippen LogP) is 0.986. The van der Waals surface area contributed by atoms with Gasteiger partial charge in [0.1, 0.15) is 11.6 Å². The highest BCUT2D eigenvalue weighted by molar-refractivity contribution is 5.92. The summed E-state index contributed by atoms with van der Waals surface area (Å²) in [5.74, 6) is 0.963. The van der Waals surface area contributed by atoms with Crippen molar-refractivity contribution in [1.82, 2.24) is 20.4 Å². The van der Waals surface area contributed by atoms with E-state index in [1.807, 2.05) is 23.1 Å². The highest BCUT2D eigenvalue weighted by Gasteiger charge is 2.36. The van der Waals surface area contributed by atoms with Crippen molar-refractivity contribution in [3.8, 4) is 0 Å². The Labute approximate surface area is 175 Å². The number of carbonyl (C=O) groups is 2. The monoisotopic (exact) mass is 413 g/mol. The van der Waals surface area contributed by atoms with E-state index in [2.05, 4.69) is 20.4 Å². The minimum absolute atomic E-state index is 0.0964. The van der Waals surface area contributed by atoms with E-state index < -0.39 is 18.1 Å². The van der Waals surface area contributed by atoms with Crippen molar-refractivity contribution in [2.24, 2.45) is 5.92 Å². The number of pyridine rings is 1. The van der Waals surface area contributed by atoms with Crippen LogP contribution in [0, 0.1) is 12.8 Å². The number of amides is 2. The van der Waals surface area contributed by atoms with Gasteiger partial charge in [0, 0.05) is 44.4 Å². The second-order valence-electron chi connectivity index (χ2n) is 7.98. The van der Waals surface area contributed by atoms with E-state index in [1.165, 1.54) is 0 Å². The lowest BCUT2D eigenvalue weighted by molar-refractivity contribution is -0.138. The zero-order chi connectivity index (χ0) is 21.1. The first-order valence-corrected chi connectivity index (χ1v) is 10.4. The van der Waals surface area contributed by atoms with Crippen LogP contribution in [0.15, 0.2) is 35.0 Å². The first kappa shape index (κ1) is 20.3. The molecule has 1 aliphatic carbocycles. The quantitative estimate of drug-likeness (QED) is 0.769. The number of aryl methyl sites for hydroxylation is 1. The Hall–Kier alpha value is -2.94. The summed E-state index contributed by atoms with van der Waals surface area (Å²) in [6.45, 7) is 4.47. The summed E-state index contributed by atoms with van der Waals surface area (Å²) in [6, 6.07) is 6.90. The van der Waals surface area contributed by atoms with Gasteiger partial charge in [-0.25, -0.2) is 4.98 Å². The molecule has 3 heterocycles. The summed E-state index contributed by atoms with van der Waals surface area (Å²) in [5, 5.41) is 16.9. The second kappa shape index (κ2) is 8.83. The fourth-order valence-electron chi connectivity index (χ4n) is 4.20. The van der Waals surface area contributed by atoms with Gasteiger partial charge in [0.25, 0.3) is 5.91 Å². The highest BCUT2D eigenvalue weighted by atomic mass is 16.5. The van der Waals surface area contributed by atoms with Crippen LogP contribution in [-0.2, 0) is 4.79 Å². The third-order valence-corrected chi connectivity index (χ3v) is 5.90. The number of rotatable bonds is 4. The number of carbonyl (C=O) groups excluding carboxylic acids is 2. The Bertz CT molecular complexity index is 879. The Kier molecular flexibility index (Phi) is 5.98. The van der Waals surface area contributed by atoms with Crippen molar-refractivity contribution >= 4 is 17.6 Å². The molecule has 0 bridgehead atoms. The van der Waals surface area contributed by atoms with Gasteiger partial charge in [-0.15, -0.1) is 0 Å². The molecule has 2 aromatic rings. The molecule has 160 valence electrons. The molecule has 2 aliphatic rings. The molecule has 3 atom stereocenters. The number of hydrogen-bond donors (Lipinski definition) is 2. The minimum Gasteiger partial charge on any atom is -0.391 e. The maximum absolute atomic E-state index is 13.1. The molecular formula is C21H27N5O4. The van der Waals surface area contributed by atoms with Crippen LogP contribution in [0.4, 0.5) is 5.82 Å². The summed E-state index contributed by atoms with van der Waals surface area (Å²) < 4.78 is 4.94. The molecule has 30 heavy (non-hydrogen) atoms. The molecule has 0 unspecified atom stereocenters. The average Bonchev–Trinajstić information content (AvgIpc) is 3.22. The van der Waals surface area contributed by atoms with E-state index >= 15 is 0 Å². The SMILES string of the molecule is Cc1cc(C(=O)N[C@@H]2C[C@@H](C(=O)N3CCN(c4ccccn4)CC3)CC[C@H]2O)no1.